The molecule has 0 aromatic rings. The number of rotatable bonds is 3. The van der Waals surface area contributed by atoms with Crippen LogP contribution in [0.3, 0.4) is 0 Å². The average Bonchev–Trinajstić information content (AvgIpc) is 2.93. The molecule has 0 bridgehead atoms. The molecule has 0 radical (unpaired) electrons. The van der Waals surface area contributed by atoms with Crippen molar-refractivity contribution >= 4 is 11.9 Å². The lowest BCUT2D eigenvalue weighted by molar-refractivity contribution is -0.240. The van der Waals surface area contributed by atoms with Gasteiger partial charge in [-0.1, -0.05) is 26.0 Å². The first-order chi connectivity index (χ1) is 13.6. The van der Waals surface area contributed by atoms with E-state index in [0.29, 0.717) is 23.7 Å². The zero-order chi connectivity index (χ0) is 21.2. The molecule has 4 aliphatic rings. The molecule has 6 nitrogen and oxygen atoms in total. The highest BCUT2D eigenvalue weighted by Crippen LogP contribution is 2.68. The highest BCUT2D eigenvalue weighted by molar-refractivity contribution is 5.93. The maximum Gasteiger partial charge on any atom is 0.340 e. The van der Waals surface area contributed by atoms with Crippen molar-refractivity contribution in [1.82, 2.24) is 0 Å². The first-order valence-corrected chi connectivity index (χ1v) is 10.5. The van der Waals surface area contributed by atoms with Gasteiger partial charge in [0.15, 0.2) is 5.76 Å². The second-order valence-electron chi connectivity index (χ2n) is 9.80. The van der Waals surface area contributed by atoms with Crippen LogP contribution in [0.1, 0.15) is 65.7 Å². The van der Waals surface area contributed by atoms with Gasteiger partial charge in [0, 0.05) is 12.5 Å². The Morgan fingerprint density at radius 3 is 2.59 bits per heavy atom. The third kappa shape index (κ3) is 2.57. The smallest absolute Gasteiger partial charge is 0.340 e. The van der Waals surface area contributed by atoms with Gasteiger partial charge in [0.25, 0.3) is 5.79 Å². The summed E-state index contributed by atoms with van der Waals surface area (Å²) in [4.78, 5) is 24.9. The number of esters is 2. The molecule has 6 heteroatoms. The maximum absolute atomic E-state index is 12.9. The number of methoxy groups -OCH3 is 2. The van der Waals surface area contributed by atoms with E-state index < -0.39 is 23.3 Å². The van der Waals surface area contributed by atoms with Crippen molar-refractivity contribution in [3.8, 4) is 0 Å². The van der Waals surface area contributed by atoms with Crippen LogP contribution in [0.15, 0.2) is 23.5 Å². The second kappa shape index (κ2) is 6.34. The van der Waals surface area contributed by atoms with E-state index in [1.807, 2.05) is 0 Å². The molecule has 4 rings (SSSR count). The van der Waals surface area contributed by atoms with E-state index in [-0.39, 0.29) is 17.3 Å². The van der Waals surface area contributed by atoms with E-state index in [1.54, 1.807) is 0 Å². The van der Waals surface area contributed by atoms with Crippen molar-refractivity contribution in [1.29, 1.82) is 0 Å². The Kier molecular flexibility index (Phi) is 4.47. The Balaban J connectivity index is 1.79. The Labute approximate surface area is 172 Å². The summed E-state index contributed by atoms with van der Waals surface area (Å²) in [6, 6.07) is 0. The van der Waals surface area contributed by atoms with Crippen molar-refractivity contribution in [2.24, 2.45) is 16.7 Å². The summed E-state index contributed by atoms with van der Waals surface area (Å²) in [5, 5.41) is 0. The van der Waals surface area contributed by atoms with Gasteiger partial charge >= 0.3 is 11.9 Å². The zero-order valence-electron chi connectivity index (χ0n) is 18.2. The van der Waals surface area contributed by atoms with Gasteiger partial charge in [-0.15, -0.1) is 0 Å². The summed E-state index contributed by atoms with van der Waals surface area (Å²) >= 11 is 0. The topological polar surface area (TPSA) is 71.1 Å². The summed E-state index contributed by atoms with van der Waals surface area (Å²) < 4.78 is 22.6. The maximum atomic E-state index is 12.9. The molecule has 5 atom stereocenters. The lowest BCUT2D eigenvalue weighted by atomic mass is 9.44. The van der Waals surface area contributed by atoms with Crippen LogP contribution < -0.4 is 0 Å². The van der Waals surface area contributed by atoms with Gasteiger partial charge in [0.1, 0.15) is 12.0 Å². The Morgan fingerprint density at radius 1 is 1.21 bits per heavy atom. The molecular weight excluding hydrogens is 372 g/mol. The van der Waals surface area contributed by atoms with Crippen LogP contribution in [0, 0.1) is 16.7 Å². The van der Waals surface area contributed by atoms with E-state index in [1.165, 1.54) is 19.8 Å². The van der Waals surface area contributed by atoms with Gasteiger partial charge in [0.2, 0.25) is 0 Å². The van der Waals surface area contributed by atoms with Crippen LogP contribution in [0.2, 0.25) is 0 Å². The Hall–Kier alpha value is -1.82. The summed E-state index contributed by atoms with van der Waals surface area (Å²) in [5.74, 6) is -1.80. The lowest BCUT2D eigenvalue weighted by Gasteiger charge is -2.64. The van der Waals surface area contributed by atoms with E-state index in [0.717, 1.165) is 32.1 Å². The van der Waals surface area contributed by atoms with Gasteiger partial charge in [-0.3, -0.25) is 4.79 Å². The average molecular weight is 405 g/mol. The Morgan fingerprint density at radius 2 is 1.93 bits per heavy atom. The quantitative estimate of drug-likeness (QED) is 0.522. The van der Waals surface area contributed by atoms with Crippen molar-refractivity contribution in [2.75, 3.05) is 14.2 Å². The van der Waals surface area contributed by atoms with Crippen LogP contribution >= 0.6 is 0 Å². The predicted molar refractivity (Wildman–Crippen MR) is 106 cm³/mol. The van der Waals surface area contributed by atoms with Crippen molar-refractivity contribution in [2.45, 2.75) is 77.1 Å². The van der Waals surface area contributed by atoms with E-state index >= 15 is 0 Å². The molecule has 160 valence electrons. The minimum atomic E-state index is -1.54. The summed E-state index contributed by atoms with van der Waals surface area (Å²) in [6.45, 7) is 11.1. The van der Waals surface area contributed by atoms with Gasteiger partial charge in [0.05, 0.1) is 12.7 Å². The standard InChI is InChI=1S/C23H32O6/c1-14-8-7-9-16-20(14,2)10-11-22(4)21(16,3)12-15-18(28-22)23(27-6,29-19(15)25)13-17(24)26-5/h16H,1,7-13H2,2-6H3/t16-,20-,21+,22-,23+/m0/s1. The van der Waals surface area contributed by atoms with Crippen LogP contribution in [-0.2, 0) is 28.5 Å². The number of carbonyl (C=O) groups is 2. The monoisotopic (exact) mass is 404 g/mol. The van der Waals surface area contributed by atoms with Crippen molar-refractivity contribution in [3.63, 3.8) is 0 Å². The summed E-state index contributed by atoms with van der Waals surface area (Å²) in [6.07, 6.45) is 5.45. The molecule has 2 aliphatic heterocycles. The zero-order valence-corrected chi connectivity index (χ0v) is 18.2. The number of ether oxygens (including phenoxy) is 4. The number of carbonyl (C=O) groups excluding carboxylic acids is 2. The van der Waals surface area contributed by atoms with Gasteiger partial charge in [-0.2, -0.15) is 0 Å². The number of hydrogen-bond acceptors (Lipinski definition) is 6. The summed E-state index contributed by atoms with van der Waals surface area (Å²) in [7, 11) is 2.73. The van der Waals surface area contributed by atoms with Crippen molar-refractivity contribution < 1.29 is 28.5 Å². The van der Waals surface area contributed by atoms with Gasteiger partial charge in [-0.05, 0) is 56.8 Å². The highest BCUT2D eigenvalue weighted by atomic mass is 16.7. The number of hydrogen-bond donors (Lipinski definition) is 0. The van der Waals surface area contributed by atoms with E-state index in [9.17, 15) is 9.59 Å². The van der Waals surface area contributed by atoms with Crippen LogP contribution in [0.5, 0.6) is 0 Å². The largest absolute Gasteiger partial charge is 0.484 e. The molecule has 29 heavy (non-hydrogen) atoms. The molecule has 0 spiro atoms. The lowest BCUT2D eigenvalue weighted by Crippen LogP contribution is -2.62. The minimum absolute atomic E-state index is 0.0564. The molecule has 0 unspecified atom stereocenters. The highest BCUT2D eigenvalue weighted by Gasteiger charge is 2.67. The van der Waals surface area contributed by atoms with E-state index in [4.69, 9.17) is 18.9 Å². The van der Waals surface area contributed by atoms with Crippen LogP contribution in [0.4, 0.5) is 0 Å². The molecule has 2 aliphatic carbocycles. The molecule has 0 aromatic carbocycles. The molecule has 0 aromatic heterocycles. The van der Waals surface area contributed by atoms with Gasteiger partial charge < -0.3 is 18.9 Å². The fourth-order valence-corrected chi connectivity index (χ4v) is 6.42. The number of fused-ring (bicyclic) bond motifs is 3. The Bertz CT molecular complexity index is 814. The van der Waals surface area contributed by atoms with E-state index in [2.05, 4.69) is 27.4 Å². The second-order valence-corrected chi connectivity index (χ2v) is 9.80. The molecule has 0 saturated heterocycles. The fraction of sp³-hybridized carbons (Fsp3) is 0.739. The van der Waals surface area contributed by atoms with Crippen LogP contribution in [0.25, 0.3) is 0 Å². The number of cyclic esters (lactones) is 1. The molecule has 0 N–H and O–H groups in total. The minimum Gasteiger partial charge on any atom is -0.484 e. The third-order valence-electron chi connectivity index (χ3n) is 8.58. The normalized spacial score (nSPS) is 43.7. The molecular formula is C23H32O6. The first-order valence-electron chi connectivity index (χ1n) is 10.5. The third-order valence-corrected chi connectivity index (χ3v) is 8.58. The van der Waals surface area contributed by atoms with Crippen LogP contribution in [-0.4, -0.2) is 37.5 Å². The van der Waals surface area contributed by atoms with Crippen molar-refractivity contribution in [3.05, 3.63) is 23.5 Å². The number of allylic oxidation sites excluding steroid dienone is 1. The first kappa shape index (κ1) is 20.5. The van der Waals surface area contributed by atoms with Gasteiger partial charge in [-0.25, -0.2) is 4.79 Å². The fourth-order valence-electron chi connectivity index (χ4n) is 6.42. The predicted octanol–water partition coefficient (Wildman–Crippen LogP) is 4.04. The molecule has 0 amide bonds. The summed E-state index contributed by atoms with van der Waals surface area (Å²) in [5.41, 5.74) is 1.15. The molecule has 2 saturated carbocycles. The molecule has 2 heterocycles. The molecule has 2 fully saturated rings. The SMILES string of the molecule is C=C1CCC[C@H]2[C@@]1(C)CC[C@]1(C)OC3=C(C[C@]21C)C(=O)O[C@@]3(CC(=O)OC)OC.